The minimum Gasteiger partial charge on any atom is -0.396 e. The van der Waals surface area contributed by atoms with Crippen molar-refractivity contribution in [1.29, 1.82) is 0 Å². The Balaban J connectivity index is 1.59. The Morgan fingerprint density at radius 1 is 1.36 bits per heavy atom. The molecule has 3 heterocycles. The van der Waals surface area contributed by atoms with Gasteiger partial charge in [0.05, 0.1) is 24.6 Å². The Kier molecular flexibility index (Phi) is 4.55. The molecule has 0 saturated carbocycles. The number of nitrogens with two attached hydrogens (primary N) is 1. The van der Waals surface area contributed by atoms with Crippen molar-refractivity contribution in [3.63, 3.8) is 0 Å². The number of pyridine rings is 1. The summed E-state index contributed by atoms with van der Waals surface area (Å²) in [4.78, 5) is 6.77. The van der Waals surface area contributed by atoms with Crippen LogP contribution in [0.1, 0.15) is 5.69 Å². The van der Waals surface area contributed by atoms with Crippen molar-refractivity contribution in [2.45, 2.75) is 6.92 Å². The topological polar surface area (TPSA) is 89.4 Å². The normalized spacial score (nSPS) is 15.9. The number of nitrogen functional groups attached to an aromatic ring is 1. The molecule has 0 aliphatic carbocycles. The quantitative estimate of drug-likeness (QED) is 0.862. The fourth-order valence-electron chi connectivity index (χ4n) is 2.50. The smallest absolute Gasteiger partial charge is 0.149 e. The maximum absolute atomic E-state index is 6.09. The average molecular weight is 303 g/mol. The van der Waals surface area contributed by atoms with Crippen molar-refractivity contribution in [3.8, 4) is 11.1 Å². The van der Waals surface area contributed by atoms with Gasteiger partial charge in [-0.3, -0.25) is 4.90 Å². The number of aryl methyl sites for hydroxylation is 1. The van der Waals surface area contributed by atoms with Gasteiger partial charge >= 0.3 is 0 Å². The second kappa shape index (κ2) is 6.76. The minimum absolute atomic E-state index is 0.625. The van der Waals surface area contributed by atoms with Gasteiger partial charge in [-0.05, 0) is 13.0 Å². The highest BCUT2D eigenvalue weighted by Crippen LogP contribution is 2.26. The SMILES string of the molecule is Cc1nocc1-c1cnc(NCCN2CCOCC2)c(N)c1. The van der Waals surface area contributed by atoms with Crippen molar-refractivity contribution >= 4 is 11.5 Å². The summed E-state index contributed by atoms with van der Waals surface area (Å²) in [6.07, 6.45) is 3.39. The first-order valence-corrected chi connectivity index (χ1v) is 7.45. The van der Waals surface area contributed by atoms with Crippen LogP contribution < -0.4 is 11.1 Å². The average Bonchev–Trinajstić information content (AvgIpc) is 2.96. The van der Waals surface area contributed by atoms with Gasteiger partial charge in [-0.25, -0.2) is 4.98 Å². The molecule has 0 amide bonds. The highest BCUT2D eigenvalue weighted by molar-refractivity contribution is 5.72. The molecule has 1 saturated heterocycles. The van der Waals surface area contributed by atoms with E-state index < -0.39 is 0 Å². The molecule has 22 heavy (non-hydrogen) atoms. The van der Waals surface area contributed by atoms with E-state index >= 15 is 0 Å². The van der Waals surface area contributed by atoms with Crippen molar-refractivity contribution in [2.24, 2.45) is 0 Å². The van der Waals surface area contributed by atoms with E-state index in [-0.39, 0.29) is 0 Å². The summed E-state index contributed by atoms with van der Waals surface area (Å²) in [5.74, 6) is 0.714. The van der Waals surface area contributed by atoms with E-state index in [0.29, 0.717) is 11.5 Å². The lowest BCUT2D eigenvalue weighted by Crippen LogP contribution is -2.39. The standard InChI is InChI=1S/C15H21N5O2/c1-11-13(10-22-19-11)12-8-14(16)15(18-9-12)17-2-3-20-4-6-21-7-5-20/h8-10H,2-7,16H2,1H3,(H,17,18). The highest BCUT2D eigenvalue weighted by atomic mass is 16.5. The number of rotatable bonds is 5. The number of morpholine rings is 1. The van der Waals surface area contributed by atoms with Crippen LogP contribution in [-0.2, 0) is 4.74 Å². The van der Waals surface area contributed by atoms with Crippen LogP contribution in [0.5, 0.6) is 0 Å². The first kappa shape index (κ1) is 14.8. The molecular weight excluding hydrogens is 282 g/mol. The molecule has 1 aliphatic heterocycles. The maximum atomic E-state index is 6.09. The Bertz CT molecular complexity index is 622. The van der Waals surface area contributed by atoms with Crippen LogP contribution >= 0.6 is 0 Å². The monoisotopic (exact) mass is 303 g/mol. The Morgan fingerprint density at radius 2 is 2.18 bits per heavy atom. The third-order valence-corrected chi connectivity index (χ3v) is 3.80. The highest BCUT2D eigenvalue weighted by Gasteiger charge is 2.11. The molecule has 0 atom stereocenters. The summed E-state index contributed by atoms with van der Waals surface area (Å²) >= 11 is 0. The fourth-order valence-corrected chi connectivity index (χ4v) is 2.50. The fraction of sp³-hybridized carbons (Fsp3) is 0.467. The molecule has 7 heteroatoms. The molecule has 1 aliphatic rings. The molecular formula is C15H21N5O2. The van der Waals surface area contributed by atoms with Crippen LogP contribution in [0.4, 0.5) is 11.5 Å². The van der Waals surface area contributed by atoms with Crippen molar-refractivity contribution < 1.29 is 9.26 Å². The van der Waals surface area contributed by atoms with Gasteiger partial charge in [-0.2, -0.15) is 0 Å². The maximum Gasteiger partial charge on any atom is 0.149 e. The number of hydrogen-bond acceptors (Lipinski definition) is 7. The molecule has 0 unspecified atom stereocenters. The molecule has 0 radical (unpaired) electrons. The first-order chi connectivity index (χ1) is 10.7. The van der Waals surface area contributed by atoms with Gasteiger partial charge in [0.1, 0.15) is 12.1 Å². The Hall–Kier alpha value is -2.12. The zero-order chi connectivity index (χ0) is 15.4. The number of nitrogens with one attached hydrogen (secondary N) is 1. The van der Waals surface area contributed by atoms with E-state index in [1.165, 1.54) is 0 Å². The predicted molar refractivity (Wildman–Crippen MR) is 84.6 cm³/mol. The Morgan fingerprint density at radius 3 is 2.86 bits per heavy atom. The van der Waals surface area contributed by atoms with Gasteiger partial charge in [0.25, 0.3) is 0 Å². The third-order valence-electron chi connectivity index (χ3n) is 3.80. The first-order valence-electron chi connectivity index (χ1n) is 7.45. The van der Waals surface area contributed by atoms with Crippen LogP contribution in [0, 0.1) is 6.92 Å². The van der Waals surface area contributed by atoms with Gasteiger partial charge in [-0.1, -0.05) is 5.16 Å². The van der Waals surface area contributed by atoms with Crippen LogP contribution in [-0.4, -0.2) is 54.4 Å². The number of hydrogen-bond donors (Lipinski definition) is 2. The van der Waals surface area contributed by atoms with Crippen molar-refractivity contribution in [1.82, 2.24) is 15.0 Å². The third kappa shape index (κ3) is 3.37. The van der Waals surface area contributed by atoms with E-state index in [1.807, 2.05) is 13.0 Å². The van der Waals surface area contributed by atoms with Gasteiger partial charge < -0.3 is 20.3 Å². The summed E-state index contributed by atoms with van der Waals surface area (Å²) in [6, 6.07) is 1.89. The van der Waals surface area contributed by atoms with E-state index in [2.05, 4.69) is 20.4 Å². The van der Waals surface area contributed by atoms with Gasteiger partial charge in [-0.15, -0.1) is 0 Å². The van der Waals surface area contributed by atoms with Crippen molar-refractivity contribution in [2.75, 3.05) is 50.4 Å². The van der Waals surface area contributed by atoms with Crippen LogP contribution in [0.2, 0.25) is 0 Å². The second-order valence-corrected chi connectivity index (χ2v) is 5.36. The van der Waals surface area contributed by atoms with Crippen LogP contribution in [0.3, 0.4) is 0 Å². The molecule has 118 valence electrons. The number of nitrogens with zero attached hydrogens (tertiary/aromatic N) is 3. The van der Waals surface area contributed by atoms with Crippen molar-refractivity contribution in [3.05, 3.63) is 24.2 Å². The predicted octanol–water partition coefficient (Wildman–Crippen LogP) is 1.37. The van der Waals surface area contributed by atoms with Gasteiger partial charge in [0, 0.05) is 43.5 Å². The zero-order valence-electron chi connectivity index (χ0n) is 12.7. The molecule has 0 bridgehead atoms. The minimum atomic E-state index is 0.625. The Labute approximate surface area is 129 Å². The molecule has 0 aromatic carbocycles. The molecule has 2 aromatic heterocycles. The lowest BCUT2D eigenvalue weighted by molar-refractivity contribution is 0.0398. The van der Waals surface area contributed by atoms with Gasteiger partial charge in [0.2, 0.25) is 0 Å². The van der Waals surface area contributed by atoms with Crippen LogP contribution in [0.15, 0.2) is 23.0 Å². The molecule has 0 spiro atoms. The summed E-state index contributed by atoms with van der Waals surface area (Å²) < 4.78 is 10.3. The van der Waals surface area contributed by atoms with E-state index in [9.17, 15) is 0 Å². The molecule has 3 rings (SSSR count). The van der Waals surface area contributed by atoms with E-state index in [4.69, 9.17) is 15.0 Å². The summed E-state index contributed by atoms with van der Waals surface area (Å²) in [6.45, 7) is 7.25. The number of aromatic nitrogens is 2. The van der Waals surface area contributed by atoms with Crippen LogP contribution in [0.25, 0.3) is 11.1 Å². The number of ether oxygens (including phenoxy) is 1. The largest absolute Gasteiger partial charge is 0.396 e. The summed E-state index contributed by atoms with van der Waals surface area (Å²) in [5.41, 5.74) is 9.37. The number of anilines is 2. The summed E-state index contributed by atoms with van der Waals surface area (Å²) in [5, 5.41) is 7.16. The lowest BCUT2D eigenvalue weighted by atomic mass is 10.1. The molecule has 2 aromatic rings. The van der Waals surface area contributed by atoms with E-state index in [1.54, 1.807) is 12.5 Å². The van der Waals surface area contributed by atoms with E-state index in [0.717, 1.165) is 56.2 Å². The molecule has 1 fully saturated rings. The van der Waals surface area contributed by atoms with Gasteiger partial charge in [0.15, 0.2) is 0 Å². The molecule has 3 N–H and O–H groups in total. The summed E-state index contributed by atoms with van der Waals surface area (Å²) in [7, 11) is 0. The zero-order valence-corrected chi connectivity index (χ0v) is 12.7. The molecule has 7 nitrogen and oxygen atoms in total. The lowest BCUT2D eigenvalue weighted by Gasteiger charge is -2.26. The second-order valence-electron chi connectivity index (χ2n) is 5.36.